The summed E-state index contributed by atoms with van der Waals surface area (Å²) in [5, 5.41) is 4.06. The number of nitrogens with zero attached hydrogens (tertiary/aromatic N) is 6. The van der Waals surface area contributed by atoms with Crippen LogP contribution in [0.5, 0.6) is 0 Å². The van der Waals surface area contributed by atoms with Gasteiger partial charge in [0, 0.05) is 56.7 Å². The van der Waals surface area contributed by atoms with Gasteiger partial charge in [-0.3, -0.25) is 4.79 Å². The predicted octanol–water partition coefficient (Wildman–Crippen LogP) is 3.08. The molecule has 0 aliphatic carbocycles. The van der Waals surface area contributed by atoms with E-state index < -0.39 is 0 Å². The van der Waals surface area contributed by atoms with E-state index in [0.29, 0.717) is 18.9 Å². The van der Waals surface area contributed by atoms with Crippen LogP contribution in [0.4, 0.5) is 11.5 Å². The zero-order chi connectivity index (χ0) is 21.0. The summed E-state index contributed by atoms with van der Waals surface area (Å²) in [4.78, 5) is 28.1. The highest BCUT2D eigenvalue weighted by Gasteiger charge is 2.26. The Bertz CT molecular complexity index is 1020. The maximum Gasteiger partial charge on any atom is 0.316 e. The van der Waals surface area contributed by atoms with Crippen molar-refractivity contribution in [3.05, 3.63) is 54.6 Å². The molecule has 8 heteroatoms. The second kappa shape index (κ2) is 8.75. The third-order valence-corrected chi connectivity index (χ3v) is 5.98. The third-order valence-electron chi connectivity index (χ3n) is 5.98. The zero-order valence-corrected chi connectivity index (χ0v) is 17.5. The number of aromatic nitrogens is 3. The third kappa shape index (κ3) is 4.23. The molecule has 1 amide bonds. The summed E-state index contributed by atoms with van der Waals surface area (Å²) in [7, 11) is 0. The summed E-state index contributed by atoms with van der Waals surface area (Å²) in [5.74, 6) is 1.18. The number of para-hydroxylation sites is 1. The monoisotopic (exact) mass is 418 g/mol. The number of anilines is 2. The van der Waals surface area contributed by atoms with Gasteiger partial charge in [0.1, 0.15) is 5.82 Å². The Morgan fingerprint density at radius 3 is 2.42 bits per heavy atom. The van der Waals surface area contributed by atoms with Crippen molar-refractivity contribution in [3.8, 4) is 11.4 Å². The van der Waals surface area contributed by atoms with Gasteiger partial charge in [-0.1, -0.05) is 23.4 Å². The molecule has 2 saturated heterocycles. The smallest absolute Gasteiger partial charge is 0.316 e. The first kappa shape index (κ1) is 19.5. The maximum atomic E-state index is 12.9. The van der Waals surface area contributed by atoms with E-state index in [1.165, 1.54) is 24.9 Å². The number of piperidine rings is 1. The number of benzene rings is 1. The highest BCUT2D eigenvalue weighted by molar-refractivity contribution is 5.90. The number of rotatable bonds is 4. The quantitative estimate of drug-likeness (QED) is 0.644. The molecule has 0 saturated carbocycles. The van der Waals surface area contributed by atoms with E-state index in [1.807, 2.05) is 30.3 Å². The number of hydrogen-bond donors (Lipinski definition) is 0. The van der Waals surface area contributed by atoms with Gasteiger partial charge in [0.05, 0.1) is 0 Å². The van der Waals surface area contributed by atoms with Gasteiger partial charge in [-0.2, -0.15) is 4.98 Å². The molecule has 3 aromatic rings. The highest BCUT2D eigenvalue weighted by atomic mass is 16.5. The van der Waals surface area contributed by atoms with E-state index in [4.69, 9.17) is 4.52 Å². The van der Waals surface area contributed by atoms with Crippen molar-refractivity contribution < 1.29 is 9.32 Å². The SMILES string of the molecule is O=C(c1nc(-c2ccnc(N3CCCCC3)c2)no1)N1CCN(c2ccccc2)CC1. The first-order chi connectivity index (χ1) is 15.3. The van der Waals surface area contributed by atoms with Gasteiger partial charge in [-0.25, -0.2) is 4.98 Å². The van der Waals surface area contributed by atoms with Crippen LogP contribution in [0.25, 0.3) is 11.4 Å². The first-order valence-electron chi connectivity index (χ1n) is 10.9. The van der Waals surface area contributed by atoms with Crippen LogP contribution < -0.4 is 9.80 Å². The van der Waals surface area contributed by atoms with E-state index in [0.717, 1.165) is 37.6 Å². The number of amides is 1. The van der Waals surface area contributed by atoms with Crippen LogP contribution in [0.3, 0.4) is 0 Å². The maximum absolute atomic E-state index is 12.9. The van der Waals surface area contributed by atoms with Gasteiger partial charge < -0.3 is 19.2 Å². The number of piperazine rings is 1. The van der Waals surface area contributed by atoms with Gasteiger partial charge in [0.2, 0.25) is 5.82 Å². The molecule has 2 aliphatic rings. The largest absolute Gasteiger partial charge is 0.368 e. The van der Waals surface area contributed by atoms with Gasteiger partial charge in [0.25, 0.3) is 0 Å². The van der Waals surface area contributed by atoms with Gasteiger partial charge in [-0.05, 0) is 43.5 Å². The summed E-state index contributed by atoms with van der Waals surface area (Å²) in [5.41, 5.74) is 1.99. The molecular weight excluding hydrogens is 392 g/mol. The molecule has 1 aromatic carbocycles. The molecule has 0 unspecified atom stereocenters. The molecule has 160 valence electrons. The molecule has 0 atom stereocenters. The van der Waals surface area contributed by atoms with Crippen LogP contribution in [0.1, 0.15) is 29.9 Å². The second-order valence-corrected chi connectivity index (χ2v) is 7.99. The van der Waals surface area contributed by atoms with E-state index in [2.05, 4.69) is 37.1 Å². The number of carbonyl (C=O) groups excluding carboxylic acids is 1. The Hall–Kier alpha value is -3.42. The topological polar surface area (TPSA) is 78.6 Å². The lowest BCUT2D eigenvalue weighted by Crippen LogP contribution is -2.48. The summed E-state index contributed by atoms with van der Waals surface area (Å²) in [6, 6.07) is 14.1. The van der Waals surface area contributed by atoms with Crippen molar-refractivity contribution in [2.75, 3.05) is 49.1 Å². The lowest BCUT2D eigenvalue weighted by Gasteiger charge is -2.35. The summed E-state index contributed by atoms with van der Waals surface area (Å²) < 4.78 is 5.33. The molecule has 31 heavy (non-hydrogen) atoms. The molecule has 2 aliphatic heterocycles. The van der Waals surface area contributed by atoms with Gasteiger partial charge in [-0.15, -0.1) is 0 Å². The molecule has 2 aromatic heterocycles. The molecule has 8 nitrogen and oxygen atoms in total. The predicted molar refractivity (Wildman–Crippen MR) is 118 cm³/mol. The Morgan fingerprint density at radius 1 is 0.871 bits per heavy atom. The minimum atomic E-state index is -0.211. The van der Waals surface area contributed by atoms with E-state index in [-0.39, 0.29) is 11.8 Å². The van der Waals surface area contributed by atoms with Crippen molar-refractivity contribution in [2.45, 2.75) is 19.3 Å². The normalized spacial score (nSPS) is 17.1. The van der Waals surface area contributed by atoms with Crippen LogP contribution in [0.2, 0.25) is 0 Å². The molecule has 0 radical (unpaired) electrons. The Labute approximate surface area is 181 Å². The Morgan fingerprint density at radius 2 is 1.65 bits per heavy atom. The first-order valence-corrected chi connectivity index (χ1v) is 10.9. The van der Waals surface area contributed by atoms with Crippen LogP contribution in [0, 0.1) is 0 Å². The summed E-state index contributed by atoms with van der Waals surface area (Å²) in [6.07, 6.45) is 5.40. The van der Waals surface area contributed by atoms with Gasteiger partial charge >= 0.3 is 11.8 Å². The van der Waals surface area contributed by atoms with Crippen molar-refractivity contribution in [3.63, 3.8) is 0 Å². The summed E-state index contributed by atoms with van der Waals surface area (Å²) in [6.45, 7) is 4.84. The fourth-order valence-corrected chi connectivity index (χ4v) is 4.22. The molecule has 0 N–H and O–H groups in total. The molecule has 5 rings (SSSR count). The standard InChI is InChI=1S/C23H26N6O2/c30-23(29-15-13-27(14-16-29)19-7-3-1-4-8-19)22-25-21(26-31-22)18-9-10-24-20(17-18)28-11-5-2-6-12-28/h1,3-4,7-10,17H,2,5-6,11-16H2. The highest BCUT2D eigenvalue weighted by Crippen LogP contribution is 2.24. The van der Waals surface area contributed by atoms with Gasteiger partial charge in [0.15, 0.2) is 0 Å². The second-order valence-electron chi connectivity index (χ2n) is 7.99. The fraction of sp³-hybridized carbons (Fsp3) is 0.391. The average molecular weight is 419 g/mol. The number of hydrogen-bond acceptors (Lipinski definition) is 7. The molecule has 0 bridgehead atoms. The van der Waals surface area contributed by atoms with Crippen molar-refractivity contribution >= 4 is 17.4 Å². The Kier molecular flexibility index (Phi) is 5.52. The average Bonchev–Trinajstić information content (AvgIpc) is 3.35. The van der Waals surface area contributed by atoms with Crippen LogP contribution in [-0.2, 0) is 0 Å². The molecule has 0 spiro atoms. The minimum Gasteiger partial charge on any atom is -0.368 e. The van der Waals surface area contributed by atoms with Crippen LogP contribution in [-0.4, -0.2) is 65.2 Å². The molecule has 4 heterocycles. The van der Waals surface area contributed by atoms with Crippen molar-refractivity contribution in [2.24, 2.45) is 0 Å². The lowest BCUT2D eigenvalue weighted by atomic mass is 10.1. The zero-order valence-electron chi connectivity index (χ0n) is 17.5. The molecule has 2 fully saturated rings. The summed E-state index contributed by atoms with van der Waals surface area (Å²) >= 11 is 0. The van der Waals surface area contributed by atoms with Crippen molar-refractivity contribution in [1.82, 2.24) is 20.0 Å². The van der Waals surface area contributed by atoms with E-state index in [9.17, 15) is 4.79 Å². The Balaban J connectivity index is 1.25. The van der Waals surface area contributed by atoms with E-state index in [1.54, 1.807) is 11.1 Å². The minimum absolute atomic E-state index is 0.0412. The van der Waals surface area contributed by atoms with E-state index >= 15 is 0 Å². The fourth-order valence-electron chi connectivity index (χ4n) is 4.22. The number of pyridine rings is 1. The van der Waals surface area contributed by atoms with Crippen molar-refractivity contribution in [1.29, 1.82) is 0 Å². The lowest BCUT2D eigenvalue weighted by molar-refractivity contribution is 0.0696. The van der Waals surface area contributed by atoms with Crippen LogP contribution in [0.15, 0.2) is 53.2 Å². The van der Waals surface area contributed by atoms with Crippen LogP contribution >= 0.6 is 0 Å². The number of carbonyl (C=O) groups is 1. The molecular formula is C23H26N6O2.